The van der Waals surface area contributed by atoms with Crippen LogP contribution in [0.25, 0.3) is 0 Å². The van der Waals surface area contributed by atoms with Crippen LogP contribution in [-0.2, 0) is 0 Å². The Hall–Kier alpha value is -1.65. The van der Waals surface area contributed by atoms with Gasteiger partial charge in [-0.3, -0.25) is 4.79 Å². The highest BCUT2D eigenvalue weighted by Gasteiger charge is 2.14. The summed E-state index contributed by atoms with van der Waals surface area (Å²) in [7, 11) is 0. The molecule has 0 aliphatic rings. The summed E-state index contributed by atoms with van der Waals surface area (Å²) in [5.74, 6) is -1.85. The number of carbonyl (C=O) groups is 1. The molecule has 0 saturated heterocycles. The summed E-state index contributed by atoms with van der Waals surface area (Å²) in [5, 5.41) is 2.28. The van der Waals surface area contributed by atoms with Gasteiger partial charge in [0, 0.05) is 5.69 Å². The van der Waals surface area contributed by atoms with Gasteiger partial charge in [0.1, 0.15) is 11.6 Å². The summed E-state index contributed by atoms with van der Waals surface area (Å²) in [6.07, 6.45) is 0. The number of rotatable bonds is 2. The van der Waals surface area contributed by atoms with E-state index in [2.05, 4.69) is 5.32 Å². The zero-order chi connectivity index (χ0) is 14.9. The van der Waals surface area contributed by atoms with E-state index in [1.54, 1.807) is 6.92 Å². The molecule has 0 unspecified atom stereocenters. The second kappa shape index (κ2) is 5.77. The second-order valence-electron chi connectivity index (χ2n) is 4.16. The van der Waals surface area contributed by atoms with E-state index < -0.39 is 17.5 Å². The van der Waals surface area contributed by atoms with Gasteiger partial charge >= 0.3 is 0 Å². The van der Waals surface area contributed by atoms with Crippen LogP contribution < -0.4 is 5.32 Å². The Morgan fingerprint density at radius 1 is 1.05 bits per heavy atom. The van der Waals surface area contributed by atoms with Crippen LogP contribution in [0.3, 0.4) is 0 Å². The average molecular weight is 316 g/mol. The highest BCUT2D eigenvalue weighted by Crippen LogP contribution is 2.25. The molecule has 1 amide bonds. The van der Waals surface area contributed by atoms with Gasteiger partial charge in [-0.05, 0) is 36.8 Å². The molecule has 0 atom stereocenters. The SMILES string of the molecule is Cc1ccc(NC(=O)c2cc(F)c(Cl)cc2Cl)cc1F. The molecule has 1 N–H and O–H groups in total. The topological polar surface area (TPSA) is 29.1 Å². The number of nitrogens with one attached hydrogen (secondary N) is 1. The van der Waals surface area contributed by atoms with Gasteiger partial charge in [-0.2, -0.15) is 0 Å². The van der Waals surface area contributed by atoms with E-state index >= 15 is 0 Å². The van der Waals surface area contributed by atoms with Crippen molar-refractivity contribution >= 4 is 34.8 Å². The van der Waals surface area contributed by atoms with E-state index in [9.17, 15) is 13.6 Å². The summed E-state index contributed by atoms with van der Waals surface area (Å²) in [6, 6.07) is 6.31. The van der Waals surface area contributed by atoms with Crippen molar-refractivity contribution in [2.75, 3.05) is 5.32 Å². The minimum atomic E-state index is -0.753. The zero-order valence-electron chi connectivity index (χ0n) is 10.3. The van der Waals surface area contributed by atoms with Crippen molar-refractivity contribution in [2.45, 2.75) is 6.92 Å². The maximum atomic E-state index is 13.4. The lowest BCUT2D eigenvalue weighted by Crippen LogP contribution is -2.13. The fourth-order valence-corrected chi connectivity index (χ4v) is 2.03. The molecule has 20 heavy (non-hydrogen) atoms. The predicted octanol–water partition coefficient (Wildman–Crippen LogP) is 4.83. The van der Waals surface area contributed by atoms with Crippen LogP contribution in [0.1, 0.15) is 15.9 Å². The Labute approximate surface area is 124 Å². The first kappa shape index (κ1) is 14.8. The Balaban J connectivity index is 2.28. The van der Waals surface area contributed by atoms with Crippen molar-refractivity contribution in [1.82, 2.24) is 0 Å². The molecule has 0 aliphatic carbocycles. The maximum Gasteiger partial charge on any atom is 0.257 e. The molecule has 6 heteroatoms. The maximum absolute atomic E-state index is 13.4. The average Bonchev–Trinajstić information content (AvgIpc) is 2.38. The normalized spacial score (nSPS) is 10.4. The lowest BCUT2D eigenvalue weighted by atomic mass is 10.1. The Kier molecular flexibility index (Phi) is 4.26. The van der Waals surface area contributed by atoms with Crippen molar-refractivity contribution in [1.29, 1.82) is 0 Å². The van der Waals surface area contributed by atoms with Crippen molar-refractivity contribution in [2.24, 2.45) is 0 Å². The van der Waals surface area contributed by atoms with Crippen LogP contribution in [0.5, 0.6) is 0 Å². The fourth-order valence-electron chi connectivity index (χ4n) is 1.57. The molecule has 0 aromatic heterocycles. The first-order valence-electron chi connectivity index (χ1n) is 5.60. The Morgan fingerprint density at radius 3 is 2.40 bits per heavy atom. The molecular weight excluding hydrogens is 307 g/mol. The molecule has 0 radical (unpaired) electrons. The van der Waals surface area contributed by atoms with Crippen LogP contribution in [0.2, 0.25) is 10.0 Å². The summed E-state index contributed by atoms with van der Waals surface area (Å²) in [6.45, 7) is 1.60. The lowest BCUT2D eigenvalue weighted by Gasteiger charge is -2.08. The number of anilines is 1. The Morgan fingerprint density at radius 2 is 1.75 bits per heavy atom. The molecular formula is C14H9Cl2F2NO. The predicted molar refractivity (Wildman–Crippen MR) is 75.5 cm³/mol. The Bertz CT molecular complexity index is 689. The highest BCUT2D eigenvalue weighted by atomic mass is 35.5. The summed E-state index contributed by atoms with van der Waals surface area (Å²) in [5.41, 5.74) is 0.637. The van der Waals surface area contributed by atoms with Gasteiger partial charge < -0.3 is 5.32 Å². The van der Waals surface area contributed by atoms with Crippen LogP contribution in [-0.4, -0.2) is 5.91 Å². The van der Waals surface area contributed by atoms with E-state index in [4.69, 9.17) is 23.2 Å². The summed E-state index contributed by atoms with van der Waals surface area (Å²) in [4.78, 5) is 12.0. The number of halogens is 4. The van der Waals surface area contributed by atoms with Crippen LogP contribution in [0.4, 0.5) is 14.5 Å². The third-order valence-corrected chi connectivity index (χ3v) is 3.29. The van der Waals surface area contributed by atoms with E-state index in [0.717, 1.165) is 12.1 Å². The number of benzene rings is 2. The summed E-state index contributed by atoms with van der Waals surface area (Å²) < 4.78 is 26.7. The highest BCUT2D eigenvalue weighted by molar-refractivity contribution is 6.37. The first-order valence-corrected chi connectivity index (χ1v) is 6.36. The molecule has 0 spiro atoms. The van der Waals surface area contributed by atoms with Gasteiger partial charge in [-0.25, -0.2) is 8.78 Å². The summed E-state index contributed by atoms with van der Waals surface area (Å²) >= 11 is 11.4. The van der Waals surface area contributed by atoms with Crippen molar-refractivity contribution < 1.29 is 13.6 Å². The van der Waals surface area contributed by atoms with E-state index in [1.807, 2.05) is 0 Å². The number of carbonyl (C=O) groups excluding carboxylic acids is 1. The quantitative estimate of drug-likeness (QED) is 0.790. The molecule has 0 saturated carbocycles. The standard InChI is InChI=1S/C14H9Cl2F2NO/c1-7-2-3-8(4-12(7)17)19-14(20)9-5-13(18)11(16)6-10(9)15/h2-6H,1H3,(H,19,20). The first-order chi connectivity index (χ1) is 9.38. The minimum absolute atomic E-state index is 0.0153. The third kappa shape index (κ3) is 3.08. The molecule has 2 aromatic rings. The zero-order valence-corrected chi connectivity index (χ0v) is 11.8. The van der Waals surface area contributed by atoms with Gasteiger partial charge in [-0.1, -0.05) is 29.3 Å². The molecule has 104 valence electrons. The van der Waals surface area contributed by atoms with E-state index in [-0.39, 0.29) is 21.3 Å². The second-order valence-corrected chi connectivity index (χ2v) is 4.98. The molecule has 0 aliphatic heterocycles. The van der Waals surface area contributed by atoms with Gasteiger partial charge in [-0.15, -0.1) is 0 Å². The minimum Gasteiger partial charge on any atom is -0.322 e. The number of hydrogen-bond donors (Lipinski definition) is 1. The molecule has 0 heterocycles. The van der Waals surface area contributed by atoms with E-state index in [1.165, 1.54) is 18.2 Å². The monoisotopic (exact) mass is 315 g/mol. The lowest BCUT2D eigenvalue weighted by molar-refractivity contribution is 0.102. The van der Waals surface area contributed by atoms with Crippen LogP contribution >= 0.6 is 23.2 Å². The van der Waals surface area contributed by atoms with Gasteiger partial charge in [0.25, 0.3) is 5.91 Å². The number of aryl methyl sites for hydroxylation is 1. The van der Waals surface area contributed by atoms with Crippen molar-refractivity contribution in [3.63, 3.8) is 0 Å². The van der Waals surface area contributed by atoms with Crippen LogP contribution in [0.15, 0.2) is 30.3 Å². The molecule has 0 fully saturated rings. The van der Waals surface area contributed by atoms with Gasteiger partial charge in [0.15, 0.2) is 0 Å². The van der Waals surface area contributed by atoms with Gasteiger partial charge in [0.2, 0.25) is 0 Å². The van der Waals surface area contributed by atoms with Crippen molar-refractivity contribution in [3.8, 4) is 0 Å². The molecule has 0 bridgehead atoms. The van der Waals surface area contributed by atoms with E-state index in [0.29, 0.717) is 5.56 Å². The van der Waals surface area contributed by atoms with Crippen LogP contribution in [0, 0.1) is 18.6 Å². The fraction of sp³-hybridized carbons (Fsp3) is 0.0714. The third-order valence-electron chi connectivity index (χ3n) is 2.68. The largest absolute Gasteiger partial charge is 0.322 e. The smallest absolute Gasteiger partial charge is 0.257 e. The van der Waals surface area contributed by atoms with Crippen molar-refractivity contribution in [3.05, 3.63) is 63.1 Å². The molecule has 2 aromatic carbocycles. The molecule has 2 nitrogen and oxygen atoms in total. The number of hydrogen-bond acceptors (Lipinski definition) is 1. The van der Waals surface area contributed by atoms with Gasteiger partial charge in [0.05, 0.1) is 15.6 Å². The molecule has 2 rings (SSSR count). The number of amides is 1.